The summed E-state index contributed by atoms with van der Waals surface area (Å²) in [7, 11) is 1.35. The number of amides is 2. The van der Waals surface area contributed by atoms with E-state index >= 15 is 0 Å². The van der Waals surface area contributed by atoms with Crippen molar-refractivity contribution in [3.8, 4) is 0 Å². The van der Waals surface area contributed by atoms with Crippen LogP contribution in [0.4, 0.5) is 4.79 Å². The Bertz CT molecular complexity index is 1190. The van der Waals surface area contributed by atoms with Gasteiger partial charge in [-0.3, -0.25) is 4.90 Å². The SMILES string of the molecule is COC(=O)/C=C/[C@H]1OC(C)(C)N2C(=O)N3[C@H](C[C@H](OCc4ccccc4)[C@H](C)[C@H]3COCc3ccccc3)C[C@H]12. The second kappa shape index (κ2) is 12.1. The van der Waals surface area contributed by atoms with E-state index in [1.165, 1.54) is 13.2 Å². The van der Waals surface area contributed by atoms with Crippen LogP contribution in [0, 0.1) is 5.92 Å². The Morgan fingerprint density at radius 3 is 2.33 bits per heavy atom. The highest BCUT2D eigenvalue weighted by Gasteiger charge is 2.58. The normalized spacial score (nSPS) is 29.4. The van der Waals surface area contributed by atoms with Crippen LogP contribution in [0.1, 0.15) is 44.7 Å². The molecule has 0 bridgehead atoms. The van der Waals surface area contributed by atoms with Crippen LogP contribution < -0.4 is 0 Å². The summed E-state index contributed by atoms with van der Waals surface area (Å²) < 4.78 is 23.9. The van der Waals surface area contributed by atoms with Crippen LogP contribution in [0.2, 0.25) is 0 Å². The second-order valence-corrected chi connectivity index (χ2v) is 11.4. The van der Waals surface area contributed by atoms with Gasteiger partial charge in [-0.05, 0) is 43.9 Å². The van der Waals surface area contributed by atoms with E-state index in [-0.39, 0.29) is 36.2 Å². The van der Waals surface area contributed by atoms with Gasteiger partial charge in [0, 0.05) is 18.0 Å². The number of rotatable bonds is 9. The topological polar surface area (TPSA) is 77.5 Å². The highest BCUT2D eigenvalue weighted by molar-refractivity contribution is 5.82. The van der Waals surface area contributed by atoms with Crippen molar-refractivity contribution in [2.45, 2.75) is 82.9 Å². The third-order valence-electron chi connectivity index (χ3n) is 8.43. The fourth-order valence-electron chi connectivity index (χ4n) is 6.42. The van der Waals surface area contributed by atoms with Crippen LogP contribution in [-0.4, -0.2) is 71.6 Å². The molecule has 8 nitrogen and oxygen atoms in total. The summed E-state index contributed by atoms with van der Waals surface area (Å²) in [6.07, 6.45) is 4.10. The molecule has 0 aliphatic carbocycles. The lowest BCUT2D eigenvalue weighted by Crippen LogP contribution is -2.69. The molecule has 0 aromatic heterocycles. The van der Waals surface area contributed by atoms with E-state index in [2.05, 4.69) is 19.1 Å². The molecule has 0 radical (unpaired) electrons. The Morgan fingerprint density at radius 1 is 1.02 bits per heavy atom. The molecule has 0 unspecified atom stereocenters. The lowest BCUT2D eigenvalue weighted by molar-refractivity contribution is -0.135. The fraction of sp³-hybridized carbons (Fsp3) is 0.500. The van der Waals surface area contributed by atoms with E-state index in [0.717, 1.165) is 17.5 Å². The predicted octanol–water partition coefficient (Wildman–Crippen LogP) is 4.93. The molecule has 3 aliphatic rings. The molecule has 2 aromatic carbocycles. The van der Waals surface area contributed by atoms with Crippen molar-refractivity contribution in [3.05, 3.63) is 83.9 Å². The van der Waals surface area contributed by atoms with Crippen molar-refractivity contribution < 1.29 is 28.5 Å². The van der Waals surface area contributed by atoms with Crippen LogP contribution in [-0.2, 0) is 37.0 Å². The number of urea groups is 1. The molecule has 2 amide bonds. The third kappa shape index (κ3) is 5.94. The van der Waals surface area contributed by atoms with Crippen LogP contribution in [0.3, 0.4) is 0 Å². The average molecular weight is 549 g/mol. The van der Waals surface area contributed by atoms with Crippen LogP contribution >= 0.6 is 0 Å². The molecule has 3 heterocycles. The zero-order chi connectivity index (χ0) is 28.3. The quantitative estimate of drug-likeness (QED) is 0.327. The van der Waals surface area contributed by atoms with Crippen molar-refractivity contribution in [2.75, 3.05) is 13.7 Å². The number of fused-ring (bicyclic) bond motifs is 2. The van der Waals surface area contributed by atoms with Crippen molar-refractivity contribution in [2.24, 2.45) is 5.92 Å². The molecule has 214 valence electrons. The molecule has 40 heavy (non-hydrogen) atoms. The van der Waals surface area contributed by atoms with Crippen LogP contribution in [0.25, 0.3) is 0 Å². The molecule has 2 aromatic rings. The monoisotopic (exact) mass is 548 g/mol. The Balaban J connectivity index is 1.38. The number of esters is 1. The second-order valence-electron chi connectivity index (χ2n) is 11.4. The van der Waals surface area contributed by atoms with Crippen molar-refractivity contribution in [3.63, 3.8) is 0 Å². The van der Waals surface area contributed by atoms with Gasteiger partial charge in [-0.25, -0.2) is 9.59 Å². The van der Waals surface area contributed by atoms with Gasteiger partial charge in [-0.2, -0.15) is 0 Å². The van der Waals surface area contributed by atoms with E-state index in [0.29, 0.717) is 26.2 Å². The molecule has 3 fully saturated rings. The summed E-state index contributed by atoms with van der Waals surface area (Å²) >= 11 is 0. The van der Waals surface area contributed by atoms with E-state index < -0.39 is 17.8 Å². The number of carbonyl (C=O) groups is 2. The molecule has 3 aliphatic heterocycles. The van der Waals surface area contributed by atoms with Crippen molar-refractivity contribution >= 4 is 12.0 Å². The summed E-state index contributed by atoms with van der Waals surface area (Å²) in [5.41, 5.74) is 1.40. The maximum atomic E-state index is 14.2. The summed E-state index contributed by atoms with van der Waals surface area (Å²) in [4.78, 5) is 29.9. The van der Waals surface area contributed by atoms with Crippen LogP contribution in [0.5, 0.6) is 0 Å². The van der Waals surface area contributed by atoms with Gasteiger partial charge in [-0.15, -0.1) is 0 Å². The smallest absolute Gasteiger partial charge is 0.330 e. The van der Waals surface area contributed by atoms with E-state index in [4.69, 9.17) is 18.9 Å². The molecular formula is C32H40N2O6. The fourth-order valence-corrected chi connectivity index (χ4v) is 6.42. The number of benzene rings is 2. The number of nitrogens with zero attached hydrogens (tertiary/aromatic N) is 2. The number of hydrogen-bond acceptors (Lipinski definition) is 6. The first-order valence-electron chi connectivity index (χ1n) is 14.1. The Morgan fingerprint density at radius 2 is 1.68 bits per heavy atom. The highest BCUT2D eigenvalue weighted by atomic mass is 16.5. The van der Waals surface area contributed by atoms with Gasteiger partial charge in [0.1, 0.15) is 5.72 Å². The summed E-state index contributed by atoms with van der Waals surface area (Å²) in [5.74, 6) is -0.377. The van der Waals surface area contributed by atoms with Gasteiger partial charge in [-0.1, -0.05) is 67.6 Å². The van der Waals surface area contributed by atoms with Gasteiger partial charge in [0.25, 0.3) is 0 Å². The summed E-state index contributed by atoms with van der Waals surface area (Å²) in [5, 5.41) is 0. The summed E-state index contributed by atoms with van der Waals surface area (Å²) in [6.45, 7) is 7.39. The number of ether oxygens (including phenoxy) is 4. The number of methoxy groups -OCH3 is 1. The minimum Gasteiger partial charge on any atom is -0.466 e. The minimum absolute atomic E-state index is 0.0366. The van der Waals surface area contributed by atoms with Crippen molar-refractivity contribution in [1.29, 1.82) is 0 Å². The molecule has 0 spiro atoms. The Labute approximate surface area is 236 Å². The maximum Gasteiger partial charge on any atom is 0.330 e. The molecule has 3 saturated heterocycles. The zero-order valence-corrected chi connectivity index (χ0v) is 23.8. The molecule has 0 saturated carbocycles. The predicted molar refractivity (Wildman–Crippen MR) is 150 cm³/mol. The van der Waals surface area contributed by atoms with Gasteiger partial charge < -0.3 is 23.8 Å². The Hall–Kier alpha value is -3.20. The van der Waals surface area contributed by atoms with E-state index in [1.54, 1.807) is 6.08 Å². The number of hydrogen-bond donors (Lipinski definition) is 0. The summed E-state index contributed by atoms with van der Waals surface area (Å²) in [6, 6.07) is 19.8. The molecule has 6 atom stereocenters. The minimum atomic E-state index is -0.822. The van der Waals surface area contributed by atoms with Crippen molar-refractivity contribution in [1.82, 2.24) is 9.80 Å². The van der Waals surface area contributed by atoms with Gasteiger partial charge >= 0.3 is 12.0 Å². The molecule has 5 rings (SSSR count). The first-order chi connectivity index (χ1) is 19.3. The average Bonchev–Trinajstić information content (AvgIpc) is 3.22. The standard InChI is InChI=1S/C32H40N2O6/c1-22-27(21-38-19-23-11-7-5-8-12-23)33-25(18-29(22)39-20-24-13-9-6-10-14-24)17-26-28(15-16-30(35)37-4)40-32(2,3)34(26)31(33)36/h5-16,22,25-29H,17-21H2,1-4H3/b16-15+/t22-,25+,26-,27-,28-,29+/m1/s1. The van der Waals surface area contributed by atoms with Gasteiger partial charge in [0.05, 0.1) is 51.2 Å². The Kier molecular flexibility index (Phi) is 8.59. The first-order valence-corrected chi connectivity index (χ1v) is 14.1. The highest BCUT2D eigenvalue weighted by Crippen LogP contribution is 2.44. The third-order valence-corrected chi connectivity index (χ3v) is 8.43. The van der Waals surface area contributed by atoms with Gasteiger partial charge in [0.15, 0.2) is 0 Å². The molecule has 0 N–H and O–H groups in total. The zero-order valence-electron chi connectivity index (χ0n) is 23.8. The number of piperidine rings is 1. The van der Waals surface area contributed by atoms with E-state index in [9.17, 15) is 9.59 Å². The lowest BCUT2D eigenvalue weighted by Gasteiger charge is -2.55. The lowest BCUT2D eigenvalue weighted by atomic mass is 9.80. The molecular weight excluding hydrogens is 508 g/mol. The largest absolute Gasteiger partial charge is 0.466 e. The van der Waals surface area contributed by atoms with Crippen LogP contribution in [0.15, 0.2) is 72.8 Å². The van der Waals surface area contributed by atoms with Gasteiger partial charge in [0.2, 0.25) is 0 Å². The molecule has 8 heteroatoms. The first kappa shape index (κ1) is 28.3. The van der Waals surface area contributed by atoms with E-state index in [1.807, 2.05) is 72.2 Å². The number of carbonyl (C=O) groups excluding carboxylic acids is 2. The maximum absolute atomic E-state index is 14.2.